The van der Waals surface area contributed by atoms with Crippen LogP contribution >= 0.6 is 0 Å². The number of nitrogens with two attached hydrogens (primary N) is 1. The van der Waals surface area contributed by atoms with Crippen LogP contribution in [-0.2, 0) is 7.05 Å². The standard InChI is InChI=1S/C11H9FN6O/c1-18-8-3-6(7(12)2-5(8)4-14-18)9-10(11(13)19)16-17-15-9/h2-4H,1H3,(H2,13,19)(H,15,16,17). The zero-order valence-corrected chi connectivity index (χ0v) is 9.88. The van der Waals surface area contributed by atoms with Crippen LogP contribution in [0.2, 0.25) is 0 Å². The fraction of sp³-hybridized carbons (Fsp3) is 0.0909. The van der Waals surface area contributed by atoms with E-state index in [-0.39, 0.29) is 17.0 Å². The topological polar surface area (TPSA) is 102 Å². The van der Waals surface area contributed by atoms with Crippen molar-refractivity contribution in [1.29, 1.82) is 0 Å². The number of carbonyl (C=O) groups is 1. The molecular weight excluding hydrogens is 251 g/mol. The lowest BCUT2D eigenvalue weighted by Crippen LogP contribution is -2.13. The summed E-state index contributed by atoms with van der Waals surface area (Å²) in [4.78, 5) is 11.2. The molecule has 0 aliphatic heterocycles. The molecule has 0 unspecified atom stereocenters. The minimum Gasteiger partial charge on any atom is -0.364 e. The fourth-order valence-corrected chi connectivity index (χ4v) is 1.94. The summed E-state index contributed by atoms with van der Waals surface area (Å²) < 4.78 is 15.7. The number of amides is 1. The molecular formula is C11H9FN6O. The van der Waals surface area contributed by atoms with Crippen molar-refractivity contribution < 1.29 is 9.18 Å². The SMILES string of the molecule is Cn1ncc2cc(F)c(-c3n[nH]nc3C(N)=O)cc21. The molecule has 0 aliphatic rings. The number of rotatable bonds is 2. The van der Waals surface area contributed by atoms with Gasteiger partial charge in [-0.1, -0.05) is 0 Å². The smallest absolute Gasteiger partial charge is 0.271 e. The third-order valence-electron chi connectivity index (χ3n) is 2.87. The van der Waals surface area contributed by atoms with E-state index in [0.717, 1.165) is 5.52 Å². The van der Waals surface area contributed by atoms with Crippen molar-refractivity contribution in [2.45, 2.75) is 0 Å². The zero-order chi connectivity index (χ0) is 13.6. The second-order valence-corrected chi connectivity index (χ2v) is 4.04. The second kappa shape index (κ2) is 3.87. The van der Waals surface area contributed by atoms with Gasteiger partial charge in [0.25, 0.3) is 5.91 Å². The van der Waals surface area contributed by atoms with E-state index < -0.39 is 11.7 Å². The third kappa shape index (κ3) is 1.65. The van der Waals surface area contributed by atoms with Gasteiger partial charge in [-0.05, 0) is 12.1 Å². The molecule has 7 nitrogen and oxygen atoms in total. The number of H-pyrrole nitrogens is 1. The van der Waals surface area contributed by atoms with Crippen LogP contribution in [0.1, 0.15) is 10.5 Å². The number of aryl methyl sites for hydroxylation is 1. The predicted molar refractivity (Wildman–Crippen MR) is 64.6 cm³/mol. The normalized spacial score (nSPS) is 11.1. The molecule has 96 valence electrons. The molecule has 2 aromatic heterocycles. The summed E-state index contributed by atoms with van der Waals surface area (Å²) in [6.07, 6.45) is 1.56. The highest BCUT2D eigenvalue weighted by Crippen LogP contribution is 2.27. The number of halogens is 1. The summed E-state index contributed by atoms with van der Waals surface area (Å²) in [6, 6.07) is 2.89. The monoisotopic (exact) mass is 260 g/mol. The van der Waals surface area contributed by atoms with E-state index in [0.29, 0.717) is 5.39 Å². The number of primary amides is 1. The average molecular weight is 260 g/mol. The molecule has 0 aliphatic carbocycles. The molecule has 0 atom stereocenters. The maximum atomic E-state index is 14.1. The van der Waals surface area contributed by atoms with Gasteiger partial charge in [-0.15, -0.1) is 0 Å². The van der Waals surface area contributed by atoms with Crippen LogP contribution in [0.25, 0.3) is 22.2 Å². The van der Waals surface area contributed by atoms with Crippen LogP contribution in [0, 0.1) is 5.82 Å². The molecule has 0 fully saturated rings. The summed E-state index contributed by atoms with van der Waals surface area (Å²) in [5.74, 6) is -1.29. The lowest BCUT2D eigenvalue weighted by atomic mass is 10.1. The van der Waals surface area contributed by atoms with Gasteiger partial charge < -0.3 is 5.73 Å². The maximum Gasteiger partial charge on any atom is 0.271 e. The highest BCUT2D eigenvalue weighted by atomic mass is 19.1. The first kappa shape index (κ1) is 11.3. The number of aromatic amines is 1. The van der Waals surface area contributed by atoms with Gasteiger partial charge in [-0.3, -0.25) is 9.48 Å². The molecule has 2 heterocycles. The molecule has 3 rings (SSSR count). The molecule has 1 amide bonds. The van der Waals surface area contributed by atoms with Crippen LogP contribution in [0.4, 0.5) is 4.39 Å². The molecule has 0 saturated carbocycles. The number of benzene rings is 1. The van der Waals surface area contributed by atoms with E-state index in [9.17, 15) is 9.18 Å². The minimum absolute atomic E-state index is 0.0908. The van der Waals surface area contributed by atoms with Gasteiger partial charge in [0.05, 0.1) is 11.7 Å². The Morgan fingerprint density at radius 2 is 2.21 bits per heavy atom. The van der Waals surface area contributed by atoms with Crippen LogP contribution < -0.4 is 5.73 Å². The zero-order valence-electron chi connectivity index (χ0n) is 9.88. The Kier molecular flexibility index (Phi) is 2.31. The van der Waals surface area contributed by atoms with Crippen LogP contribution in [0.3, 0.4) is 0 Å². The second-order valence-electron chi connectivity index (χ2n) is 4.04. The lowest BCUT2D eigenvalue weighted by Gasteiger charge is -2.02. The first-order valence-corrected chi connectivity index (χ1v) is 5.40. The Labute approximate surface area is 106 Å². The van der Waals surface area contributed by atoms with Crippen LogP contribution in [0.15, 0.2) is 18.3 Å². The Hall–Kier alpha value is -2.77. The molecule has 0 radical (unpaired) electrons. The summed E-state index contributed by atoms with van der Waals surface area (Å²) in [5.41, 5.74) is 6.03. The van der Waals surface area contributed by atoms with Crippen LogP contribution in [-0.4, -0.2) is 31.1 Å². The summed E-state index contributed by atoms with van der Waals surface area (Å²) in [7, 11) is 1.74. The quantitative estimate of drug-likeness (QED) is 0.704. The van der Waals surface area contributed by atoms with Crippen molar-refractivity contribution in [1.82, 2.24) is 25.2 Å². The van der Waals surface area contributed by atoms with Crippen LogP contribution in [0.5, 0.6) is 0 Å². The number of aromatic nitrogens is 5. The van der Waals surface area contributed by atoms with Crippen molar-refractivity contribution in [2.24, 2.45) is 12.8 Å². The number of hydrogen-bond donors (Lipinski definition) is 2. The molecule has 1 aromatic carbocycles. The number of nitrogens with zero attached hydrogens (tertiary/aromatic N) is 4. The highest BCUT2D eigenvalue weighted by Gasteiger charge is 2.19. The van der Waals surface area contributed by atoms with Gasteiger partial charge in [0, 0.05) is 18.0 Å². The Morgan fingerprint density at radius 1 is 1.42 bits per heavy atom. The summed E-state index contributed by atoms with van der Waals surface area (Å²) in [6.45, 7) is 0. The molecule has 3 aromatic rings. The van der Waals surface area contributed by atoms with Gasteiger partial charge in [0.2, 0.25) is 0 Å². The van der Waals surface area contributed by atoms with Crippen molar-refractivity contribution in [3.63, 3.8) is 0 Å². The van der Waals surface area contributed by atoms with Gasteiger partial charge in [0.1, 0.15) is 11.5 Å². The van der Waals surface area contributed by atoms with E-state index in [1.165, 1.54) is 6.07 Å². The lowest BCUT2D eigenvalue weighted by molar-refractivity contribution is 0.0996. The van der Waals surface area contributed by atoms with Gasteiger partial charge in [0.15, 0.2) is 5.69 Å². The van der Waals surface area contributed by atoms with E-state index in [4.69, 9.17) is 5.73 Å². The minimum atomic E-state index is -0.770. The summed E-state index contributed by atoms with van der Waals surface area (Å²) in [5, 5.41) is 14.4. The molecule has 19 heavy (non-hydrogen) atoms. The van der Waals surface area contributed by atoms with Crippen molar-refractivity contribution in [3.05, 3.63) is 29.8 Å². The molecule has 0 saturated heterocycles. The van der Waals surface area contributed by atoms with E-state index in [1.54, 1.807) is 24.0 Å². The molecule has 3 N–H and O–H groups in total. The highest BCUT2D eigenvalue weighted by molar-refractivity contribution is 5.97. The van der Waals surface area contributed by atoms with Crippen molar-refractivity contribution in [3.8, 4) is 11.3 Å². The third-order valence-corrected chi connectivity index (χ3v) is 2.87. The fourth-order valence-electron chi connectivity index (χ4n) is 1.94. The number of hydrogen-bond acceptors (Lipinski definition) is 4. The molecule has 0 spiro atoms. The Balaban J connectivity index is 2.29. The van der Waals surface area contributed by atoms with Crippen molar-refractivity contribution in [2.75, 3.05) is 0 Å². The number of fused-ring (bicyclic) bond motifs is 1. The number of nitrogens with one attached hydrogen (secondary N) is 1. The van der Waals surface area contributed by atoms with Gasteiger partial charge in [-0.25, -0.2) is 4.39 Å². The first-order chi connectivity index (χ1) is 9.08. The molecule has 0 bridgehead atoms. The predicted octanol–water partition coefficient (Wildman–Crippen LogP) is 0.596. The average Bonchev–Trinajstić information content (AvgIpc) is 2.96. The number of carbonyl (C=O) groups excluding carboxylic acids is 1. The van der Waals surface area contributed by atoms with Crippen molar-refractivity contribution >= 4 is 16.8 Å². The maximum absolute atomic E-state index is 14.1. The van der Waals surface area contributed by atoms with Gasteiger partial charge >= 0.3 is 0 Å². The largest absolute Gasteiger partial charge is 0.364 e. The van der Waals surface area contributed by atoms with Gasteiger partial charge in [-0.2, -0.15) is 20.5 Å². The van der Waals surface area contributed by atoms with E-state index in [2.05, 4.69) is 20.5 Å². The van der Waals surface area contributed by atoms with E-state index >= 15 is 0 Å². The summed E-state index contributed by atoms with van der Waals surface area (Å²) >= 11 is 0. The Bertz CT molecular complexity index is 790. The van der Waals surface area contributed by atoms with E-state index in [1.807, 2.05) is 0 Å². The molecule has 8 heteroatoms. The first-order valence-electron chi connectivity index (χ1n) is 5.40. The Morgan fingerprint density at radius 3 is 2.95 bits per heavy atom.